The first-order valence-electron chi connectivity index (χ1n) is 10.2. The van der Waals surface area contributed by atoms with Gasteiger partial charge in [0.05, 0.1) is 42.1 Å². The number of amides is 1. The number of anilines is 1. The van der Waals surface area contributed by atoms with Crippen molar-refractivity contribution < 1.29 is 23.9 Å². The summed E-state index contributed by atoms with van der Waals surface area (Å²) >= 11 is 3.42. The first-order chi connectivity index (χ1) is 16.4. The fraction of sp³-hybridized carbons (Fsp3) is 0.0769. The van der Waals surface area contributed by atoms with Crippen molar-refractivity contribution in [2.24, 2.45) is 0 Å². The predicted octanol–water partition coefficient (Wildman–Crippen LogP) is 5.49. The fourth-order valence-electron chi connectivity index (χ4n) is 3.50. The Labute approximate surface area is 203 Å². The van der Waals surface area contributed by atoms with E-state index in [1.807, 2.05) is 48.5 Å². The van der Waals surface area contributed by atoms with Gasteiger partial charge in [-0.05, 0) is 42.5 Å². The zero-order valence-electron chi connectivity index (χ0n) is 18.3. The molecule has 8 heteroatoms. The Balaban J connectivity index is 1.78. The van der Waals surface area contributed by atoms with E-state index < -0.39 is 17.8 Å². The number of aromatic nitrogens is 1. The highest BCUT2D eigenvalue weighted by Crippen LogP contribution is 2.27. The molecule has 170 valence electrons. The molecule has 0 aliphatic rings. The van der Waals surface area contributed by atoms with Crippen LogP contribution in [0.2, 0.25) is 0 Å². The van der Waals surface area contributed by atoms with Crippen LogP contribution in [0.3, 0.4) is 0 Å². The number of carbonyl (C=O) groups excluding carboxylic acids is 3. The number of para-hydroxylation sites is 1. The summed E-state index contributed by atoms with van der Waals surface area (Å²) in [5, 5.41) is 3.45. The van der Waals surface area contributed by atoms with Gasteiger partial charge in [0, 0.05) is 21.1 Å². The number of methoxy groups -OCH3 is 2. The highest BCUT2D eigenvalue weighted by Gasteiger charge is 2.18. The second-order valence-electron chi connectivity index (χ2n) is 7.32. The van der Waals surface area contributed by atoms with Crippen molar-refractivity contribution in [1.82, 2.24) is 4.98 Å². The van der Waals surface area contributed by atoms with E-state index in [9.17, 15) is 14.4 Å². The summed E-state index contributed by atoms with van der Waals surface area (Å²) < 4.78 is 10.5. The van der Waals surface area contributed by atoms with Crippen LogP contribution in [0.15, 0.2) is 77.3 Å². The van der Waals surface area contributed by atoms with Gasteiger partial charge in [-0.2, -0.15) is 0 Å². The molecule has 1 N–H and O–H groups in total. The molecule has 0 spiro atoms. The quantitative estimate of drug-likeness (QED) is 0.351. The highest BCUT2D eigenvalue weighted by molar-refractivity contribution is 9.10. The first kappa shape index (κ1) is 23.1. The minimum absolute atomic E-state index is 0.107. The Morgan fingerprint density at radius 2 is 1.44 bits per heavy atom. The Hall–Kier alpha value is -4.04. The molecule has 0 radical (unpaired) electrons. The van der Waals surface area contributed by atoms with Gasteiger partial charge in [-0.15, -0.1) is 0 Å². The van der Waals surface area contributed by atoms with E-state index in [1.165, 1.54) is 32.4 Å². The van der Waals surface area contributed by atoms with Crippen molar-refractivity contribution >= 4 is 50.4 Å². The number of benzene rings is 3. The highest BCUT2D eigenvalue weighted by atomic mass is 79.9. The molecular formula is C26H19BrN2O5. The monoisotopic (exact) mass is 518 g/mol. The van der Waals surface area contributed by atoms with Gasteiger partial charge in [0.1, 0.15) is 0 Å². The molecule has 34 heavy (non-hydrogen) atoms. The molecule has 1 heterocycles. The van der Waals surface area contributed by atoms with E-state index in [2.05, 4.69) is 21.2 Å². The minimum atomic E-state index is -0.645. The maximum atomic E-state index is 13.4. The Morgan fingerprint density at radius 3 is 2.06 bits per heavy atom. The molecule has 1 aromatic heterocycles. The number of nitrogens with zero attached hydrogens (tertiary/aromatic N) is 1. The molecule has 4 aromatic rings. The smallest absolute Gasteiger partial charge is 0.337 e. The summed E-state index contributed by atoms with van der Waals surface area (Å²) in [5.41, 5.74) is 3.00. The van der Waals surface area contributed by atoms with E-state index in [1.54, 1.807) is 6.07 Å². The summed E-state index contributed by atoms with van der Waals surface area (Å²) in [6.45, 7) is 0. The molecule has 0 atom stereocenters. The normalized spacial score (nSPS) is 10.6. The van der Waals surface area contributed by atoms with Crippen molar-refractivity contribution in [2.45, 2.75) is 0 Å². The van der Waals surface area contributed by atoms with Crippen LogP contribution in [0.25, 0.3) is 22.2 Å². The molecule has 7 nitrogen and oxygen atoms in total. The number of hydrogen-bond acceptors (Lipinski definition) is 6. The van der Waals surface area contributed by atoms with Crippen LogP contribution < -0.4 is 5.32 Å². The van der Waals surface area contributed by atoms with Crippen LogP contribution in [0.4, 0.5) is 5.69 Å². The van der Waals surface area contributed by atoms with Crippen molar-refractivity contribution in [3.8, 4) is 11.3 Å². The number of ether oxygens (including phenoxy) is 2. The lowest BCUT2D eigenvalue weighted by Gasteiger charge is -2.12. The zero-order valence-corrected chi connectivity index (χ0v) is 19.9. The average Bonchev–Trinajstić information content (AvgIpc) is 2.87. The van der Waals surface area contributed by atoms with E-state index in [0.717, 1.165) is 10.0 Å². The number of carbonyl (C=O) groups is 3. The Kier molecular flexibility index (Phi) is 6.70. The second kappa shape index (κ2) is 9.84. The van der Waals surface area contributed by atoms with Gasteiger partial charge in [-0.3, -0.25) is 4.79 Å². The number of nitrogens with one attached hydrogen (secondary N) is 1. The molecule has 0 unspecified atom stereocenters. The van der Waals surface area contributed by atoms with Crippen LogP contribution in [0, 0.1) is 0 Å². The largest absolute Gasteiger partial charge is 0.465 e. The van der Waals surface area contributed by atoms with Gasteiger partial charge >= 0.3 is 11.9 Å². The molecule has 0 aliphatic carbocycles. The summed E-state index contributed by atoms with van der Waals surface area (Å²) in [6.07, 6.45) is 0. The third-order valence-electron chi connectivity index (χ3n) is 5.13. The minimum Gasteiger partial charge on any atom is -0.465 e. The lowest BCUT2D eigenvalue weighted by molar-refractivity contribution is 0.0599. The van der Waals surface area contributed by atoms with Crippen molar-refractivity contribution in [3.63, 3.8) is 0 Å². The third kappa shape index (κ3) is 4.82. The fourth-order valence-corrected chi connectivity index (χ4v) is 3.77. The first-order valence-corrected chi connectivity index (χ1v) is 11.0. The Morgan fingerprint density at radius 1 is 0.824 bits per heavy atom. The maximum absolute atomic E-state index is 13.4. The molecule has 0 saturated heterocycles. The molecule has 0 bridgehead atoms. The second-order valence-corrected chi connectivity index (χ2v) is 8.23. The van der Waals surface area contributed by atoms with Gasteiger partial charge < -0.3 is 14.8 Å². The molecular weight excluding hydrogens is 500 g/mol. The van der Waals surface area contributed by atoms with Crippen molar-refractivity contribution in [2.75, 3.05) is 19.5 Å². The summed E-state index contributed by atoms with van der Waals surface area (Å²) in [6, 6.07) is 20.9. The standard InChI is InChI=1S/C26H19BrN2O5/c1-33-25(31)16-11-17(26(32)34-2)13-19(12-16)28-24(30)21-14-23(15-7-9-18(27)10-8-15)29-22-6-4-3-5-20(21)22/h3-14H,1-2H3,(H,28,30). The lowest BCUT2D eigenvalue weighted by atomic mass is 10.0. The Bertz CT molecular complexity index is 1380. The summed E-state index contributed by atoms with van der Waals surface area (Å²) in [4.78, 5) is 42.3. The van der Waals surface area contributed by atoms with Gasteiger partial charge in [0.15, 0.2) is 0 Å². The molecule has 0 aliphatic heterocycles. The van der Waals surface area contributed by atoms with Gasteiger partial charge in [-0.25, -0.2) is 14.6 Å². The zero-order chi connectivity index (χ0) is 24.2. The summed E-state index contributed by atoms with van der Waals surface area (Å²) in [5.74, 6) is -1.71. The van der Waals surface area contributed by atoms with Crippen molar-refractivity contribution in [1.29, 1.82) is 0 Å². The number of halogens is 1. The molecule has 1 amide bonds. The predicted molar refractivity (Wildman–Crippen MR) is 132 cm³/mol. The lowest BCUT2D eigenvalue weighted by Crippen LogP contribution is -2.15. The van der Waals surface area contributed by atoms with Gasteiger partial charge in [0.25, 0.3) is 5.91 Å². The number of hydrogen-bond donors (Lipinski definition) is 1. The average molecular weight is 519 g/mol. The van der Waals surface area contributed by atoms with Gasteiger partial charge in [-0.1, -0.05) is 46.3 Å². The summed E-state index contributed by atoms with van der Waals surface area (Å²) in [7, 11) is 2.47. The van der Waals surface area contributed by atoms with E-state index in [0.29, 0.717) is 22.2 Å². The van der Waals surface area contributed by atoms with E-state index in [-0.39, 0.29) is 16.8 Å². The molecule has 4 rings (SSSR count). The van der Waals surface area contributed by atoms with Crippen LogP contribution in [0.5, 0.6) is 0 Å². The van der Waals surface area contributed by atoms with Crippen LogP contribution >= 0.6 is 15.9 Å². The molecule has 3 aromatic carbocycles. The van der Waals surface area contributed by atoms with E-state index >= 15 is 0 Å². The SMILES string of the molecule is COC(=O)c1cc(NC(=O)c2cc(-c3ccc(Br)cc3)nc3ccccc23)cc(C(=O)OC)c1. The van der Waals surface area contributed by atoms with Crippen LogP contribution in [-0.2, 0) is 9.47 Å². The number of pyridine rings is 1. The maximum Gasteiger partial charge on any atom is 0.337 e. The van der Waals surface area contributed by atoms with Crippen molar-refractivity contribution in [3.05, 3.63) is 94.0 Å². The number of esters is 2. The van der Waals surface area contributed by atoms with Gasteiger partial charge in [0.2, 0.25) is 0 Å². The molecule has 0 fully saturated rings. The number of rotatable bonds is 5. The van der Waals surface area contributed by atoms with Crippen LogP contribution in [-0.4, -0.2) is 37.0 Å². The molecule has 0 saturated carbocycles. The number of fused-ring (bicyclic) bond motifs is 1. The topological polar surface area (TPSA) is 94.6 Å². The van der Waals surface area contributed by atoms with E-state index in [4.69, 9.17) is 14.5 Å². The third-order valence-corrected chi connectivity index (χ3v) is 5.66. The van der Waals surface area contributed by atoms with Crippen LogP contribution in [0.1, 0.15) is 31.1 Å².